The minimum Gasteiger partial charge on any atom is -0.456 e. The Kier molecular flexibility index (Phi) is 9.10. The molecule has 7 aromatic carbocycles. The molecule has 3 aliphatic heterocycles. The number of hydrogen-bond acceptors (Lipinski definition) is 2. The van der Waals surface area contributed by atoms with Crippen LogP contribution in [0.4, 0.5) is 5.69 Å². The first kappa shape index (κ1) is 47.3. The molecule has 2 atom stereocenters. The lowest BCUT2D eigenvalue weighted by Gasteiger charge is -2.54. The summed E-state index contributed by atoms with van der Waals surface area (Å²) in [4.78, 5) is 3.00. The van der Waals surface area contributed by atoms with Crippen LogP contribution in [-0.2, 0) is 32.5 Å². The Balaban J connectivity index is 1.16. The van der Waals surface area contributed by atoms with Gasteiger partial charge in [0, 0.05) is 71.5 Å². The van der Waals surface area contributed by atoms with Gasteiger partial charge in [-0.3, -0.25) is 0 Å². The van der Waals surface area contributed by atoms with Gasteiger partial charge in [0.1, 0.15) is 11.2 Å². The Morgan fingerprint density at radius 2 is 1.01 bits per heavy atom. The lowest BCUT2D eigenvalue weighted by atomic mass is 9.42. The van der Waals surface area contributed by atoms with Gasteiger partial charge >= 0.3 is 6.85 Å². The van der Waals surface area contributed by atoms with E-state index < -0.39 is 0 Å². The Hall–Kier alpha value is -6.20. The smallest absolute Gasteiger partial charge is 0.328 e. The second-order valence-electron chi connectivity index (χ2n) is 29.4. The SMILES string of the molecule is CC(C)(C)c1ccc(-n2c3ccc(C(C)(C)C)cc3c3cc4c(cc32)c2cc(C(C)(C)C)cc3c2n4-c2cc(C(C)(C)C)cc4c2B3N2c3c-4cc4c(oc5ccc(C(C)(C)C)cc54)c3C3(C)CCCCC23C)cc1. The van der Waals surface area contributed by atoms with Gasteiger partial charge in [0.25, 0.3) is 0 Å². The first-order valence-electron chi connectivity index (χ1n) is 28.3. The molecule has 6 heterocycles. The number of nitrogens with zero attached hydrogens (tertiary/aromatic N) is 3. The molecule has 4 aliphatic rings. The molecule has 0 saturated heterocycles. The van der Waals surface area contributed by atoms with Crippen molar-refractivity contribution in [2.24, 2.45) is 0 Å². The van der Waals surface area contributed by atoms with Crippen LogP contribution in [0.15, 0.2) is 108 Å². The molecule has 1 fully saturated rings. The minimum atomic E-state index is -0.161. The van der Waals surface area contributed by atoms with E-state index in [2.05, 4.69) is 235 Å². The lowest BCUT2D eigenvalue weighted by molar-refractivity contribution is 0.199. The standard InChI is InChI=1S/C70H76BN3O/c1-64(2,3)39-20-24-44(25-21-39)72-54-26-22-40(65(4,5)6)30-45(54)46-37-56-47(38-55(46)72)50-33-42(67(10,11)12)34-53-61(50)73(56)57-35-43(68(13,14)15)32-49-51-36-52-48-31-41(66(7,8)9)23-27-58(48)75-63(52)59-62(51)74(71(53)60(49)57)70(17)29-19-18-28-69(59,70)16/h20-27,30-38H,18-19,28-29H2,1-17H3. The van der Waals surface area contributed by atoms with Crippen LogP contribution in [0.3, 0.4) is 0 Å². The fraction of sp³-hybridized carbons (Fsp3) is 0.400. The fourth-order valence-corrected chi connectivity index (χ4v) is 14.9. The molecule has 2 unspecified atom stereocenters. The zero-order valence-electron chi connectivity index (χ0n) is 48.0. The van der Waals surface area contributed by atoms with Crippen LogP contribution in [0.1, 0.15) is 177 Å². The fourth-order valence-electron chi connectivity index (χ4n) is 14.9. The van der Waals surface area contributed by atoms with Crippen molar-refractivity contribution in [3.8, 4) is 22.5 Å². The van der Waals surface area contributed by atoms with Crippen molar-refractivity contribution < 1.29 is 4.42 Å². The number of anilines is 1. The normalized spacial score (nSPS) is 19.6. The molecule has 380 valence electrons. The Morgan fingerprint density at radius 3 is 1.67 bits per heavy atom. The second kappa shape index (κ2) is 14.4. The van der Waals surface area contributed by atoms with Crippen molar-refractivity contribution in [3.05, 3.63) is 137 Å². The van der Waals surface area contributed by atoms with Crippen molar-refractivity contribution >= 4 is 89.0 Å². The van der Waals surface area contributed by atoms with Crippen molar-refractivity contribution in [1.29, 1.82) is 0 Å². The zero-order chi connectivity index (χ0) is 52.8. The molecule has 10 aromatic rings. The topological polar surface area (TPSA) is 26.2 Å². The molecule has 1 aliphatic carbocycles. The van der Waals surface area contributed by atoms with Gasteiger partial charge in [0.05, 0.1) is 22.1 Å². The number of fused-ring (bicyclic) bond motifs is 17. The summed E-state index contributed by atoms with van der Waals surface area (Å²) >= 11 is 0. The van der Waals surface area contributed by atoms with E-state index in [1.165, 1.54) is 140 Å². The highest BCUT2D eigenvalue weighted by atomic mass is 16.3. The maximum atomic E-state index is 7.30. The molecule has 5 heteroatoms. The van der Waals surface area contributed by atoms with E-state index in [9.17, 15) is 0 Å². The molecular weight excluding hydrogens is 910 g/mol. The summed E-state index contributed by atoms with van der Waals surface area (Å²) in [5.41, 5.74) is 24.7. The van der Waals surface area contributed by atoms with Crippen molar-refractivity contribution in [2.75, 3.05) is 4.81 Å². The van der Waals surface area contributed by atoms with Crippen LogP contribution in [-0.4, -0.2) is 21.5 Å². The van der Waals surface area contributed by atoms with E-state index in [0.29, 0.717) is 0 Å². The van der Waals surface area contributed by atoms with Crippen LogP contribution < -0.4 is 15.7 Å². The molecule has 1 saturated carbocycles. The average molecular weight is 986 g/mol. The van der Waals surface area contributed by atoms with E-state index in [0.717, 1.165) is 24.0 Å². The van der Waals surface area contributed by atoms with Gasteiger partial charge in [0.15, 0.2) is 0 Å². The van der Waals surface area contributed by atoms with Crippen LogP contribution in [0.25, 0.3) is 88.1 Å². The second-order valence-corrected chi connectivity index (χ2v) is 29.4. The Bertz CT molecular complexity index is 4180. The molecule has 14 rings (SSSR count). The summed E-state index contributed by atoms with van der Waals surface area (Å²) in [5.74, 6) is 0. The lowest BCUT2D eigenvalue weighted by Crippen LogP contribution is -2.70. The summed E-state index contributed by atoms with van der Waals surface area (Å²) < 4.78 is 12.6. The summed E-state index contributed by atoms with van der Waals surface area (Å²) in [6, 6.07) is 41.8. The van der Waals surface area contributed by atoms with Gasteiger partial charge in [0.2, 0.25) is 0 Å². The Labute approximate surface area is 445 Å². The third-order valence-electron chi connectivity index (χ3n) is 19.6. The average Bonchev–Trinajstić information content (AvgIpc) is 4.02. The minimum absolute atomic E-state index is 0.00346. The van der Waals surface area contributed by atoms with Crippen LogP contribution in [0.5, 0.6) is 0 Å². The molecular formula is C70H76BN3O. The molecule has 0 spiro atoms. The molecule has 75 heavy (non-hydrogen) atoms. The van der Waals surface area contributed by atoms with E-state index in [-0.39, 0.29) is 44.9 Å². The number of rotatable bonds is 1. The number of hydrogen-bond donors (Lipinski definition) is 0. The van der Waals surface area contributed by atoms with Gasteiger partial charge in [-0.05, 0) is 158 Å². The van der Waals surface area contributed by atoms with Gasteiger partial charge in [-0.25, -0.2) is 0 Å². The molecule has 0 amide bonds. The maximum Gasteiger partial charge on any atom is 0.328 e. The van der Waals surface area contributed by atoms with Gasteiger partial charge in [-0.15, -0.1) is 0 Å². The first-order chi connectivity index (χ1) is 35.1. The number of furan rings is 1. The zero-order valence-corrected chi connectivity index (χ0v) is 48.0. The summed E-state index contributed by atoms with van der Waals surface area (Å²) in [7, 11) is 0. The van der Waals surface area contributed by atoms with Gasteiger partial charge in [-0.1, -0.05) is 160 Å². The summed E-state index contributed by atoms with van der Waals surface area (Å²) in [5, 5.41) is 7.77. The quantitative estimate of drug-likeness (QED) is 0.153. The monoisotopic (exact) mass is 986 g/mol. The highest BCUT2D eigenvalue weighted by Crippen LogP contribution is 2.65. The van der Waals surface area contributed by atoms with Crippen LogP contribution in [0, 0.1) is 0 Å². The first-order valence-corrected chi connectivity index (χ1v) is 28.3. The van der Waals surface area contributed by atoms with Crippen molar-refractivity contribution in [3.63, 3.8) is 0 Å². The molecule has 0 radical (unpaired) electrons. The van der Waals surface area contributed by atoms with E-state index in [1.54, 1.807) is 0 Å². The van der Waals surface area contributed by atoms with Gasteiger partial charge < -0.3 is 18.4 Å². The van der Waals surface area contributed by atoms with E-state index >= 15 is 0 Å². The number of benzene rings is 7. The molecule has 0 N–H and O–H groups in total. The third kappa shape index (κ3) is 6.19. The largest absolute Gasteiger partial charge is 0.456 e. The molecule has 3 aromatic heterocycles. The maximum absolute atomic E-state index is 7.30. The van der Waals surface area contributed by atoms with Gasteiger partial charge in [-0.2, -0.15) is 0 Å². The number of aromatic nitrogens is 2. The molecule has 4 nitrogen and oxygen atoms in total. The van der Waals surface area contributed by atoms with E-state index in [1.807, 2.05) is 0 Å². The molecule has 0 bridgehead atoms. The predicted octanol–water partition coefficient (Wildman–Crippen LogP) is 17.8. The Morgan fingerprint density at radius 1 is 0.467 bits per heavy atom. The third-order valence-corrected chi connectivity index (χ3v) is 19.6. The van der Waals surface area contributed by atoms with Crippen LogP contribution in [0.2, 0.25) is 0 Å². The van der Waals surface area contributed by atoms with Crippen molar-refractivity contribution in [1.82, 2.24) is 9.13 Å². The van der Waals surface area contributed by atoms with Crippen LogP contribution >= 0.6 is 0 Å². The summed E-state index contributed by atoms with van der Waals surface area (Å²) in [6.07, 6.45) is 4.71. The van der Waals surface area contributed by atoms with Crippen molar-refractivity contribution in [2.45, 2.75) is 181 Å². The summed E-state index contributed by atoms with van der Waals surface area (Å²) in [6.45, 7) is 40.7. The highest BCUT2D eigenvalue weighted by Gasteiger charge is 2.64. The van der Waals surface area contributed by atoms with E-state index in [4.69, 9.17) is 4.42 Å². The highest BCUT2D eigenvalue weighted by molar-refractivity contribution is 6.93. The predicted molar refractivity (Wildman–Crippen MR) is 323 cm³/mol.